The molecule has 2 aliphatic heterocycles. The Kier molecular flexibility index (Phi) is 6.72. The van der Waals surface area contributed by atoms with Crippen LogP contribution in [0.5, 0.6) is 5.88 Å². The average Bonchev–Trinajstić information content (AvgIpc) is 2.79. The number of benzene rings is 1. The van der Waals surface area contributed by atoms with Crippen LogP contribution < -0.4 is 4.74 Å². The highest BCUT2D eigenvalue weighted by Gasteiger charge is 2.32. The first-order valence-electron chi connectivity index (χ1n) is 11.3. The van der Waals surface area contributed by atoms with Gasteiger partial charge < -0.3 is 14.5 Å². The summed E-state index contributed by atoms with van der Waals surface area (Å²) < 4.78 is 18.9. The Hall–Kier alpha value is -2.96. The van der Waals surface area contributed by atoms with Crippen LogP contribution in [-0.4, -0.2) is 65.9 Å². The third-order valence-electron chi connectivity index (χ3n) is 6.33. The van der Waals surface area contributed by atoms with Crippen LogP contribution in [0.25, 0.3) is 0 Å². The summed E-state index contributed by atoms with van der Waals surface area (Å²) in [6, 6.07) is 9.08. The maximum atomic E-state index is 13.7. The molecular formula is C25H31FN4O2. The smallest absolute Gasteiger partial charge is 0.254 e. The number of amidine groups is 1. The summed E-state index contributed by atoms with van der Waals surface area (Å²) in [6.07, 6.45) is 4.07. The van der Waals surface area contributed by atoms with Crippen LogP contribution in [0, 0.1) is 18.7 Å². The van der Waals surface area contributed by atoms with Crippen LogP contribution in [0.4, 0.5) is 4.39 Å². The van der Waals surface area contributed by atoms with Gasteiger partial charge in [0.15, 0.2) is 0 Å². The Balaban J connectivity index is 1.52. The van der Waals surface area contributed by atoms with Gasteiger partial charge in [0, 0.05) is 50.3 Å². The molecule has 2 aliphatic rings. The number of hydrogen-bond acceptors (Lipinski definition) is 5. The zero-order chi connectivity index (χ0) is 22.7. The SMILES string of the molecule is Cc1ccc(C2=NCCCN2C)c(C(=O)N2C[C@H](COc3ccc(F)cn3)CC[C@H]2C)c1. The highest BCUT2D eigenvalue weighted by Crippen LogP contribution is 2.27. The molecule has 6 nitrogen and oxygen atoms in total. The van der Waals surface area contributed by atoms with E-state index in [0.29, 0.717) is 24.6 Å². The molecule has 2 atom stereocenters. The van der Waals surface area contributed by atoms with Gasteiger partial charge in [-0.3, -0.25) is 9.79 Å². The van der Waals surface area contributed by atoms with Gasteiger partial charge in [0.25, 0.3) is 5.91 Å². The minimum atomic E-state index is -0.386. The second-order valence-corrected chi connectivity index (χ2v) is 8.91. The molecule has 170 valence electrons. The van der Waals surface area contributed by atoms with E-state index in [1.807, 2.05) is 37.1 Å². The van der Waals surface area contributed by atoms with E-state index >= 15 is 0 Å². The van der Waals surface area contributed by atoms with Gasteiger partial charge >= 0.3 is 0 Å². The first-order valence-corrected chi connectivity index (χ1v) is 11.3. The van der Waals surface area contributed by atoms with Crippen molar-refractivity contribution < 1.29 is 13.9 Å². The molecular weight excluding hydrogens is 407 g/mol. The van der Waals surface area contributed by atoms with Crippen molar-refractivity contribution in [1.29, 1.82) is 0 Å². The van der Waals surface area contributed by atoms with Gasteiger partial charge in [-0.25, -0.2) is 9.37 Å². The van der Waals surface area contributed by atoms with Crippen molar-refractivity contribution in [2.45, 2.75) is 39.2 Å². The van der Waals surface area contributed by atoms with Crippen LogP contribution in [0.1, 0.15) is 47.7 Å². The molecule has 0 spiro atoms. The van der Waals surface area contributed by atoms with Gasteiger partial charge in [-0.05, 0) is 45.2 Å². The van der Waals surface area contributed by atoms with E-state index in [4.69, 9.17) is 9.73 Å². The Morgan fingerprint density at radius 1 is 1.25 bits per heavy atom. The van der Waals surface area contributed by atoms with E-state index in [-0.39, 0.29) is 23.7 Å². The number of aliphatic imine (C=N–C) groups is 1. The van der Waals surface area contributed by atoms with Crippen LogP contribution in [-0.2, 0) is 0 Å². The standard InChI is InChI=1S/C25H31FN4O2/c1-17-5-9-21(24-27-11-4-12-29(24)3)22(13-17)25(31)30-15-19(7-6-18(30)2)16-32-23-10-8-20(26)14-28-23/h5,8-10,13-14,18-19H,4,6-7,11-12,15-16H2,1-3H3/t18-,19-/m1/s1. The van der Waals surface area contributed by atoms with Crippen LogP contribution >= 0.6 is 0 Å². The molecule has 1 amide bonds. The van der Waals surface area contributed by atoms with Crippen LogP contribution in [0.2, 0.25) is 0 Å². The number of carbonyl (C=O) groups is 1. The van der Waals surface area contributed by atoms with E-state index in [1.165, 1.54) is 12.1 Å². The van der Waals surface area contributed by atoms with Gasteiger partial charge in [-0.2, -0.15) is 0 Å². The fourth-order valence-corrected chi connectivity index (χ4v) is 4.45. The van der Waals surface area contributed by atoms with Crippen molar-refractivity contribution >= 4 is 11.7 Å². The normalized spacial score (nSPS) is 21.3. The number of aryl methyl sites for hydroxylation is 1. The topological polar surface area (TPSA) is 58.0 Å². The van der Waals surface area contributed by atoms with Gasteiger partial charge in [0.05, 0.1) is 18.4 Å². The molecule has 0 bridgehead atoms. The number of rotatable bonds is 5. The predicted molar refractivity (Wildman–Crippen MR) is 123 cm³/mol. The van der Waals surface area contributed by atoms with E-state index in [1.54, 1.807) is 0 Å². The Morgan fingerprint density at radius 2 is 2.09 bits per heavy atom. The van der Waals surface area contributed by atoms with Gasteiger partial charge in [-0.15, -0.1) is 0 Å². The zero-order valence-electron chi connectivity index (χ0n) is 19.1. The maximum Gasteiger partial charge on any atom is 0.254 e. The summed E-state index contributed by atoms with van der Waals surface area (Å²) in [6.45, 7) is 6.92. The molecule has 4 rings (SSSR count). The zero-order valence-corrected chi connectivity index (χ0v) is 19.1. The fraction of sp³-hybridized carbons (Fsp3) is 0.480. The first kappa shape index (κ1) is 22.2. The third kappa shape index (κ3) is 4.92. The number of ether oxygens (including phenoxy) is 1. The van der Waals surface area contributed by atoms with Crippen molar-refractivity contribution in [2.24, 2.45) is 10.9 Å². The van der Waals surface area contributed by atoms with Crippen LogP contribution in [0.15, 0.2) is 41.5 Å². The second-order valence-electron chi connectivity index (χ2n) is 8.91. The fourth-order valence-electron chi connectivity index (χ4n) is 4.45. The number of hydrogen-bond donors (Lipinski definition) is 0. The molecule has 32 heavy (non-hydrogen) atoms. The molecule has 1 aromatic heterocycles. The van der Waals surface area contributed by atoms with Crippen molar-refractivity contribution in [3.8, 4) is 5.88 Å². The minimum Gasteiger partial charge on any atom is -0.477 e. The van der Waals surface area contributed by atoms with Crippen LogP contribution in [0.3, 0.4) is 0 Å². The largest absolute Gasteiger partial charge is 0.477 e. The molecule has 2 aromatic rings. The van der Waals surface area contributed by atoms with Crippen molar-refractivity contribution in [2.75, 3.05) is 33.3 Å². The van der Waals surface area contributed by atoms with Gasteiger partial charge in [0.2, 0.25) is 5.88 Å². The molecule has 0 unspecified atom stereocenters. The number of halogens is 1. The monoisotopic (exact) mass is 438 g/mol. The van der Waals surface area contributed by atoms with Gasteiger partial charge in [-0.1, -0.05) is 17.7 Å². The molecule has 7 heteroatoms. The summed E-state index contributed by atoms with van der Waals surface area (Å²) in [4.78, 5) is 26.5. The summed E-state index contributed by atoms with van der Waals surface area (Å²) in [5, 5.41) is 0. The molecule has 3 heterocycles. The number of amides is 1. The first-order chi connectivity index (χ1) is 15.4. The number of aromatic nitrogens is 1. The lowest BCUT2D eigenvalue weighted by molar-refractivity contribution is 0.0502. The lowest BCUT2D eigenvalue weighted by Crippen LogP contribution is -2.47. The molecule has 1 saturated heterocycles. The summed E-state index contributed by atoms with van der Waals surface area (Å²) in [7, 11) is 2.03. The van der Waals surface area contributed by atoms with Crippen molar-refractivity contribution in [1.82, 2.24) is 14.8 Å². The second kappa shape index (κ2) is 9.67. The molecule has 1 aromatic carbocycles. The molecule has 0 radical (unpaired) electrons. The van der Waals surface area contributed by atoms with Crippen molar-refractivity contribution in [3.05, 3.63) is 59.0 Å². The third-order valence-corrected chi connectivity index (χ3v) is 6.33. The van der Waals surface area contributed by atoms with E-state index < -0.39 is 0 Å². The number of piperidine rings is 1. The lowest BCUT2D eigenvalue weighted by Gasteiger charge is -2.38. The van der Waals surface area contributed by atoms with E-state index in [2.05, 4.69) is 16.8 Å². The van der Waals surface area contributed by atoms with Gasteiger partial charge in [0.1, 0.15) is 11.7 Å². The Bertz CT molecular complexity index is 992. The summed E-state index contributed by atoms with van der Waals surface area (Å²) in [5.74, 6) is 1.16. The molecule has 0 aliphatic carbocycles. The van der Waals surface area contributed by atoms with E-state index in [0.717, 1.165) is 55.5 Å². The maximum absolute atomic E-state index is 13.7. The number of likely N-dealkylation sites (tertiary alicyclic amines) is 1. The molecule has 0 N–H and O–H groups in total. The summed E-state index contributed by atoms with van der Waals surface area (Å²) >= 11 is 0. The van der Waals surface area contributed by atoms with E-state index in [9.17, 15) is 9.18 Å². The lowest BCUT2D eigenvalue weighted by atomic mass is 9.92. The highest BCUT2D eigenvalue weighted by molar-refractivity contribution is 6.09. The Labute approximate surface area is 189 Å². The number of pyridine rings is 1. The predicted octanol–water partition coefficient (Wildman–Crippen LogP) is 3.93. The Morgan fingerprint density at radius 3 is 2.84 bits per heavy atom. The molecule has 0 saturated carbocycles. The number of nitrogens with zero attached hydrogens (tertiary/aromatic N) is 4. The average molecular weight is 439 g/mol. The molecule has 1 fully saturated rings. The quantitative estimate of drug-likeness (QED) is 0.710. The summed E-state index contributed by atoms with van der Waals surface area (Å²) in [5.41, 5.74) is 2.68. The van der Waals surface area contributed by atoms with Crippen molar-refractivity contribution in [3.63, 3.8) is 0 Å². The minimum absolute atomic E-state index is 0.0440. The highest BCUT2D eigenvalue weighted by atomic mass is 19.1. The number of carbonyl (C=O) groups excluding carboxylic acids is 1.